The Hall–Kier alpha value is -1.33. The molecular formula is C11H16ClN5. The number of rotatable bonds is 4. The van der Waals surface area contributed by atoms with Gasteiger partial charge in [0.15, 0.2) is 0 Å². The molecule has 0 aliphatic heterocycles. The maximum Gasteiger partial charge on any atom is 0.0866 e. The number of aromatic nitrogens is 4. The molecule has 1 N–H and O–H groups in total. The zero-order chi connectivity index (χ0) is 12.4. The van der Waals surface area contributed by atoms with Gasteiger partial charge in [0, 0.05) is 25.4 Å². The van der Waals surface area contributed by atoms with Crippen LogP contribution in [0.4, 0.5) is 0 Å². The average molecular weight is 254 g/mol. The molecule has 2 aromatic rings. The Morgan fingerprint density at radius 2 is 2.24 bits per heavy atom. The van der Waals surface area contributed by atoms with Crippen LogP contribution in [-0.2, 0) is 20.1 Å². The van der Waals surface area contributed by atoms with Gasteiger partial charge < -0.3 is 5.32 Å². The van der Waals surface area contributed by atoms with Crippen LogP contribution in [0.3, 0.4) is 0 Å². The molecule has 92 valence electrons. The van der Waals surface area contributed by atoms with E-state index < -0.39 is 0 Å². The van der Waals surface area contributed by atoms with Crippen LogP contribution in [0, 0.1) is 6.92 Å². The zero-order valence-electron chi connectivity index (χ0n) is 10.2. The summed E-state index contributed by atoms with van der Waals surface area (Å²) in [6.45, 7) is 3.36. The molecule has 0 atom stereocenters. The van der Waals surface area contributed by atoms with Gasteiger partial charge in [0.2, 0.25) is 0 Å². The minimum atomic E-state index is 0.639. The first kappa shape index (κ1) is 12.1. The number of halogens is 1. The Balaban J connectivity index is 2.19. The molecule has 0 amide bonds. The molecule has 0 saturated carbocycles. The molecular weight excluding hydrogens is 238 g/mol. The van der Waals surface area contributed by atoms with Gasteiger partial charge in [-0.1, -0.05) is 11.6 Å². The quantitative estimate of drug-likeness (QED) is 0.895. The number of aryl methyl sites for hydroxylation is 2. The fourth-order valence-corrected chi connectivity index (χ4v) is 2.01. The van der Waals surface area contributed by atoms with Gasteiger partial charge in [-0.25, -0.2) is 0 Å². The molecule has 0 unspecified atom stereocenters. The third kappa shape index (κ3) is 2.50. The maximum absolute atomic E-state index is 6.20. The summed E-state index contributed by atoms with van der Waals surface area (Å²) in [5.74, 6) is 0. The zero-order valence-corrected chi connectivity index (χ0v) is 11.0. The lowest BCUT2D eigenvalue weighted by Crippen LogP contribution is -2.07. The molecule has 0 fully saturated rings. The predicted octanol–water partition coefficient (Wildman–Crippen LogP) is 1.35. The van der Waals surface area contributed by atoms with E-state index in [1.165, 1.54) is 0 Å². The fraction of sp³-hybridized carbons (Fsp3) is 0.455. The second kappa shape index (κ2) is 4.89. The number of hydrogen-bond donors (Lipinski definition) is 1. The van der Waals surface area contributed by atoms with Crippen molar-refractivity contribution in [3.05, 3.63) is 34.4 Å². The van der Waals surface area contributed by atoms with Crippen molar-refractivity contribution in [2.75, 3.05) is 7.05 Å². The third-order valence-electron chi connectivity index (χ3n) is 2.64. The molecule has 2 aromatic heterocycles. The summed E-state index contributed by atoms with van der Waals surface area (Å²) in [5.41, 5.74) is 2.98. The highest BCUT2D eigenvalue weighted by Gasteiger charge is 2.11. The minimum absolute atomic E-state index is 0.639. The van der Waals surface area contributed by atoms with Crippen molar-refractivity contribution >= 4 is 11.6 Å². The Morgan fingerprint density at radius 3 is 2.82 bits per heavy atom. The van der Waals surface area contributed by atoms with E-state index in [1.54, 1.807) is 4.68 Å². The molecule has 0 saturated heterocycles. The highest BCUT2D eigenvalue weighted by Crippen LogP contribution is 2.20. The molecule has 5 nitrogen and oxygen atoms in total. The van der Waals surface area contributed by atoms with Crippen molar-refractivity contribution in [3.8, 4) is 0 Å². The van der Waals surface area contributed by atoms with E-state index in [1.807, 2.05) is 38.1 Å². The van der Waals surface area contributed by atoms with Gasteiger partial charge >= 0.3 is 0 Å². The smallest absolute Gasteiger partial charge is 0.0866 e. The van der Waals surface area contributed by atoms with Crippen LogP contribution < -0.4 is 5.32 Å². The Bertz CT molecular complexity index is 514. The van der Waals surface area contributed by atoms with Crippen LogP contribution in [0.1, 0.15) is 17.0 Å². The lowest BCUT2D eigenvalue weighted by atomic mass is 10.3. The van der Waals surface area contributed by atoms with E-state index in [0.29, 0.717) is 6.54 Å². The van der Waals surface area contributed by atoms with Gasteiger partial charge in [-0.15, -0.1) is 0 Å². The second-order valence-corrected chi connectivity index (χ2v) is 4.42. The van der Waals surface area contributed by atoms with Crippen LogP contribution in [-0.4, -0.2) is 26.6 Å². The summed E-state index contributed by atoms with van der Waals surface area (Å²) in [4.78, 5) is 0. The molecule has 0 radical (unpaired) electrons. The van der Waals surface area contributed by atoms with Crippen molar-refractivity contribution in [1.82, 2.24) is 24.9 Å². The monoisotopic (exact) mass is 253 g/mol. The highest BCUT2D eigenvalue weighted by molar-refractivity contribution is 6.31. The standard InChI is InChI=1S/C11H16ClN5/c1-8-11(12)10(16(3)15-8)7-17-6-9(4-13-2)5-14-17/h5-6,13H,4,7H2,1-3H3. The van der Waals surface area contributed by atoms with Crippen LogP contribution in [0.5, 0.6) is 0 Å². The van der Waals surface area contributed by atoms with Gasteiger partial charge in [0.25, 0.3) is 0 Å². The van der Waals surface area contributed by atoms with Crippen molar-refractivity contribution < 1.29 is 0 Å². The molecule has 17 heavy (non-hydrogen) atoms. The minimum Gasteiger partial charge on any atom is -0.316 e. The molecule has 6 heteroatoms. The van der Waals surface area contributed by atoms with E-state index >= 15 is 0 Å². The van der Waals surface area contributed by atoms with E-state index in [-0.39, 0.29) is 0 Å². The van der Waals surface area contributed by atoms with E-state index in [2.05, 4.69) is 15.5 Å². The predicted molar refractivity (Wildman–Crippen MR) is 67.0 cm³/mol. The molecule has 0 bridgehead atoms. The molecule has 2 rings (SSSR count). The van der Waals surface area contributed by atoms with Gasteiger partial charge in [0.1, 0.15) is 0 Å². The number of hydrogen-bond acceptors (Lipinski definition) is 3. The van der Waals surface area contributed by atoms with E-state index in [0.717, 1.165) is 28.5 Å². The molecule has 2 heterocycles. The first-order valence-electron chi connectivity index (χ1n) is 5.45. The Morgan fingerprint density at radius 1 is 1.47 bits per heavy atom. The summed E-state index contributed by atoms with van der Waals surface area (Å²) in [7, 11) is 3.81. The summed E-state index contributed by atoms with van der Waals surface area (Å²) >= 11 is 6.20. The molecule has 0 spiro atoms. The summed E-state index contributed by atoms with van der Waals surface area (Å²) in [6, 6.07) is 0. The highest BCUT2D eigenvalue weighted by atomic mass is 35.5. The normalized spacial score (nSPS) is 11.1. The topological polar surface area (TPSA) is 47.7 Å². The second-order valence-electron chi connectivity index (χ2n) is 4.05. The van der Waals surface area contributed by atoms with E-state index in [4.69, 9.17) is 11.6 Å². The number of nitrogens with one attached hydrogen (secondary N) is 1. The lowest BCUT2D eigenvalue weighted by Gasteiger charge is -2.03. The van der Waals surface area contributed by atoms with Gasteiger partial charge in [-0.2, -0.15) is 10.2 Å². The summed E-state index contributed by atoms with van der Waals surface area (Å²) in [5, 5.41) is 12.4. The number of nitrogens with zero attached hydrogens (tertiary/aromatic N) is 4. The van der Waals surface area contributed by atoms with Crippen LogP contribution in [0.15, 0.2) is 12.4 Å². The van der Waals surface area contributed by atoms with Crippen molar-refractivity contribution in [2.45, 2.75) is 20.0 Å². The van der Waals surface area contributed by atoms with Crippen LogP contribution in [0.25, 0.3) is 0 Å². The maximum atomic E-state index is 6.20. The van der Waals surface area contributed by atoms with Crippen LogP contribution >= 0.6 is 11.6 Å². The van der Waals surface area contributed by atoms with Crippen LogP contribution in [0.2, 0.25) is 5.02 Å². The largest absolute Gasteiger partial charge is 0.316 e. The van der Waals surface area contributed by atoms with Crippen molar-refractivity contribution in [2.24, 2.45) is 7.05 Å². The van der Waals surface area contributed by atoms with Gasteiger partial charge in [0.05, 0.1) is 29.2 Å². The first-order chi connectivity index (χ1) is 8.11. The molecule has 0 aliphatic carbocycles. The summed E-state index contributed by atoms with van der Waals surface area (Å²) in [6.07, 6.45) is 3.86. The third-order valence-corrected chi connectivity index (χ3v) is 3.13. The molecule has 0 aliphatic rings. The van der Waals surface area contributed by atoms with Gasteiger partial charge in [-0.05, 0) is 14.0 Å². The first-order valence-corrected chi connectivity index (χ1v) is 5.83. The van der Waals surface area contributed by atoms with Crippen molar-refractivity contribution in [3.63, 3.8) is 0 Å². The average Bonchev–Trinajstić information content (AvgIpc) is 2.81. The SMILES string of the molecule is CNCc1cnn(Cc2c(Cl)c(C)nn2C)c1. The molecule has 0 aromatic carbocycles. The Kier molecular flexibility index (Phi) is 3.49. The van der Waals surface area contributed by atoms with Gasteiger partial charge in [-0.3, -0.25) is 9.36 Å². The lowest BCUT2D eigenvalue weighted by molar-refractivity contribution is 0.618. The fourth-order valence-electron chi connectivity index (χ4n) is 1.79. The van der Waals surface area contributed by atoms with E-state index in [9.17, 15) is 0 Å². The Labute approximate surface area is 105 Å². The summed E-state index contributed by atoms with van der Waals surface area (Å²) < 4.78 is 3.67. The van der Waals surface area contributed by atoms with Crippen molar-refractivity contribution in [1.29, 1.82) is 0 Å².